The van der Waals surface area contributed by atoms with E-state index in [1.165, 1.54) is 17.8 Å². The summed E-state index contributed by atoms with van der Waals surface area (Å²) in [5, 5.41) is 1.35. The molecule has 0 aliphatic heterocycles. The third kappa shape index (κ3) is 2.90. The van der Waals surface area contributed by atoms with E-state index in [1.54, 1.807) is 31.3 Å². The standard InChI is InChI=1S/C12H10ClFN2S/c1-7-4-11(10(15)5-9(7)14)17-12-3-2-8(13)6-16-12/h2-6H,15H2,1H3. The average Bonchev–Trinajstić information content (AvgIpc) is 2.29. The van der Waals surface area contributed by atoms with Crippen molar-refractivity contribution in [2.24, 2.45) is 0 Å². The van der Waals surface area contributed by atoms with Crippen molar-refractivity contribution in [3.63, 3.8) is 0 Å². The minimum Gasteiger partial charge on any atom is -0.398 e. The van der Waals surface area contributed by atoms with Gasteiger partial charge in [0.1, 0.15) is 10.8 Å². The molecule has 0 unspecified atom stereocenters. The molecule has 1 aromatic heterocycles. The number of hydrogen-bond donors (Lipinski definition) is 1. The predicted molar refractivity (Wildman–Crippen MR) is 68.9 cm³/mol. The van der Waals surface area contributed by atoms with Crippen LogP contribution in [0.25, 0.3) is 0 Å². The number of rotatable bonds is 2. The highest BCUT2D eigenvalue weighted by Gasteiger charge is 2.07. The van der Waals surface area contributed by atoms with Gasteiger partial charge in [-0.1, -0.05) is 23.4 Å². The van der Waals surface area contributed by atoms with E-state index in [0.29, 0.717) is 16.3 Å². The molecular weight excluding hydrogens is 259 g/mol. The maximum Gasteiger partial charge on any atom is 0.128 e. The fourth-order valence-corrected chi connectivity index (χ4v) is 2.29. The zero-order valence-corrected chi connectivity index (χ0v) is 10.6. The lowest BCUT2D eigenvalue weighted by Crippen LogP contribution is -1.93. The van der Waals surface area contributed by atoms with Gasteiger partial charge in [0.25, 0.3) is 0 Å². The van der Waals surface area contributed by atoms with Crippen molar-refractivity contribution in [2.75, 3.05) is 5.73 Å². The highest BCUT2D eigenvalue weighted by molar-refractivity contribution is 7.99. The molecular formula is C12H10ClFN2S. The topological polar surface area (TPSA) is 38.9 Å². The van der Waals surface area contributed by atoms with Crippen molar-refractivity contribution in [3.8, 4) is 0 Å². The molecule has 1 heterocycles. The van der Waals surface area contributed by atoms with Gasteiger partial charge in [0.15, 0.2) is 0 Å². The maximum atomic E-state index is 13.2. The normalized spacial score (nSPS) is 10.5. The van der Waals surface area contributed by atoms with Crippen LogP contribution in [-0.2, 0) is 0 Å². The summed E-state index contributed by atoms with van der Waals surface area (Å²) in [6, 6.07) is 6.59. The summed E-state index contributed by atoms with van der Waals surface area (Å²) < 4.78 is 13.2. The summed E-state index contributed by atoms with van der Waals surface area (Å²) in [4.78, 5) is 4.94. The van der Waals surface area contributed by atoms with E-state index < -0.39 is 0 Å². The Morgan fingerprint density at radius 2 is 2.12 bits per heavy atom. The minimum absolute atomic E-state index is 0.295. The lowest BCUT2D eigenvalue weighted by molar-refractivity contribution is 0.618. The van der Waals surface area contributed by atoms with E-state index in [1.807, 2.05) is 0 Å². The summed E-state index contributed by atoms with van der Waals surface area (Å²) in [5.74, 6) is -0.295. The maximum absolute atomic E-state index is 13.2. The molecule has 0 aliphatic carbocycles. The van der Waals surface area contributed by atoms with Crippen molar-refractivity contribution in [2.45, 2.75) is 16.8 Å². The number of benzene rings is 1. The Labute approximate surface area is 108 Å². The summed E-state index contributed by atoms with van der Waals surface area (Å²) in [6.07, 6.45) is 1.57. The van der Waals surface area contributed by atoms with Crippen LogP contribution in [0.1, 0.15) is 5.56 Å². The second-order valence-corrected chi connectivity index (χ2v) is 5.05. The van der Waals surface area contributed by atoms with Crippen molar-refractivity contribution in [3.05, 3.63) is 46.9 Å². The minimum atomic E-state index is -0.295. The van der Waals surface area contributed by atoms with Crippen LogP contribution in [0.3, 0.4) is 0 Å². The molecule has 0 spiro atoms. The lowest BCUT2D eigenvalue weighted by Gasteiger charge is -2.07. The van der Waals surface area contributed by atoms with Gasteiger partial charge in [0.2, 0.25) is 0 Å². The first-order chi connectivity index (χ1) is 8.06. The van der Waals surface area contributed by atoms with Crippen LogP contribution in [0.4, 0.5) is 10.1 Å². The first kappa shape index (κ1) is 12.2. The monoisotopic (exact) mass is 268 g/mol. The third-order valence-electron chi connectivity index (χ3n) is 2.21. The van der Waals surface area contributed by atoms with Crippen molar-refractivity contribution >= 4 is 29.1 Å². The van der Waals surface area contributed by atoms with Crippen molar-refractivity contribution in [1.29, 1.82) is 0 Å². The van der Waals surface area contributed by atoms with Gasteiger partial charge in [0.05, 0.1) is 5.02 Å². The summed E-state index contributed by atoms with van der Waals surface area (Å²) in [5.41, 5.74) is 6.73. The van der Waals surface area contributed by atoms with Gasteiger partial charge in [-0.15, -0.1) is 0 Å². The molecule has 0 saturated carbocycles. The molecule has 2 aromatic rings. The smallest absolute Gasteiger partial charge is 0.128 e. The molecule has 0 atom stereocenters. The van der Waals surface area contributed by atoms with Crippen molar-refractivity contribution in [1.82, 2.24) is 4.98 Å². The fraction of sp³-hybridized carbons (Fsp3) is 0.0833. The molecule has 2 rings (SSSR count). The molecule has 0 bridgehead atoms. The summed E-state index contributed by atoms with van der Waals surface area (Å²) in [7, 11) is 0. The first-order valence-corrected chi connectivity index (χ1v) is 6.11. The van der Waals surface area contributed by atoms with E-state index in [-0.39, 0.29) is 5.82 Å². The van der Waals surface area contributed by atoms with Gasteiger partial charge in [-0.05, 0) is 36.8 Å². The van der Waals surface area contributed by atoms with Crippen LogP contribution in [0.2, 0.25) is 5.02 Å². The Bertz CT molecular complexity index is 543. The van der Waals surface area contributed by atoms with Gasteiger partial charge < -0.3 is 5.73 Å². The van der Waals surface area contributed by atoms with Crippen LogP contribution in [-0.4, -0.2) is 4.98 Å². The molecule has 0 aliphatic rings. The Balaban J connectivity index is 2.30. The van der Waals surface area contributed by atoms with E-state index in [0.717, 1.165) is 9.92 Å². The van der Waals surface area contributed by atoms with Gasteiger partial charge in [-0.3, -0.25) is 0 Å². The summed E-state index contributed by atoms with van der Waals surface area (Å²) in [6.45, 7) is 1.70. The number of halogens is 2. The highest BCUT2D eigenvalue weighted by atomic mass is 35.5. The second-order valence-electron chi connectivity index (χ2n) is 3.56. The van der Waals surface area contributed by atoms with Crippen LogP contribution < -0.4 is 5.73 Å². The van der Waals surface area contributed by atoms with Crippen molar-refractivity contribution < 1.29 is 4.39 Å². The Kier molecular flexibility index (Phi) is 3.54. The largest absolute Gasteiger partial charge is 0.398 e. The molecule has 17 heavy (non-hydrogen) atoms. The third-order valence-corrected chi connectivity index (χ3v) is 3.45. The van der Waals surface area contributed by atoms with E-state index in [4.69, 9.17) is 17.3 Å². The van der Waals surface area contributed by atoms with E-state index in [9.17, 15) is 4.39 Å². The average molecular weight is 269 g/mol. The Morgan fingerprint density at radius 3 is 2.76 bits per heavy atom. The number of nitrogen functional groups attached to an aromatic ring is 1. The number of anilines is 1. The summed E-state index contributed by atoms with van der Waals surface area (Å²) >= 11 is 7.13. The lowest BCUT2D eigenvalue weighted by atomic mass is 10.2. The second kappa shape index (κ2) is 4.94. The number of pyridine rings is 1. The number of nitrogens with zero attached hydrogens (tertiary/aromatic N) is 1. The molecule has 2 nitrogen and oxygen atoms in total. The highest BCUT2D eigenvalue weighted by Crippen LogP contribution is 2.32. The molecule has 0 amide bonds. The molecule has 1 aromatic carbocycles. The zero-order chi connectivity index (χ0) is 12.4. The molecule has 0 fully saturated rings. The molecule has 2 N–H and O–H groups in total. The quantitative estimate of drug-likeness (QED) is 0.839. The van der Waals surface area contributed by atoms with Crippen LogP contribution in [0.5, 0.6) is 0 Å². The van der Waals surface area contributed by atoms with Crippen LogP contribution in [0, 0.1) is 12.7 Å². The van der Waals surface area contributed by atoms with E-state index >= 15 is 0 Å². The predicted octanol–water partition coefficient (Wildman–Crippen LogP) is 3.92. The van der Waals surface area contributed by atoms with Gasteiger partial charge in [0, 0.05) is 16.8 Å². The van der Waals surface area contributed by atoms with Crippen LogP contribution in [0.15, 0.2) is 40.4 Å². The number of aryl methyl sites for hydroxylation is 1. The molecule has 0 saturated heterocycles. The Hall–Kier alpha value is -1.26. The number of nitrogens with two attached hydrogens (primary N) is 1. The fourth-order valence-electron chi connectivity index (χ4n) is 1.29. The van der Waals surface area contributed by atoms with Gasteiger partial charge in [-0.25, -0.2) is 9.37 Å². The first-order valence-electron chi connectivity index (χ1n) is 4.91. The zero-order valence-electron chi connectivity index (χ0n) is 9.08. The van der Waals surface area contributed by atoms with Gasteiger partial charge in [-0.2, -0.15) is 0 Å². The number of hydrogen-bond acceptors (Lipinski definition) is 3. The van der Waals surface area contributed by atoms with E-state index in [2.05, 4.69) is 4.98 Å². The Morgan fingerprint density at radius 1 is 1.35 bits per heavy atom. The SMILES string of the molecule is Cc1cc(Sc2ccc(Cl)cn2)c(N)cc1F. The van der Waals surface area contributed by atoms with Crippen LogP contribution >= 0.6 is 23.4 Å². The number of aromatic nitrogens is 1. The van der Waals surface area contributed by atoms with Gasteiger partial charge >= 0.3 is 0 Å². The molecule has 0 radical (unpaired) electrons. The molecule has 88 valence electrons. The molecule has 5 heteroatoms.